The first kappa shape index (κ1) is 12.8. The summed E-state index contributed by atoms with van der Waals surface area (Å²) in [6.07, 6.45) is 3.91. The molecular formula is C14H19N3O. The van der Waals surface area contributed by atoms with Crippen LogP contribution in [0, 0.1) is 11.3 Å². The van der Waals surface area contributed by atoms with Crippen LogP contribution in [-0.4, -0.2) is 29.8 Å². The normalized spacial score (nSPS) is 13.2. The van der Waals surface area contributed by atoms with E-state index >= 15 is 0 Å². The predicted octanol–water partition coefficient (Wildman–Crippen LogP) is 1.65. The fourth-order valence-corrected chi connectivity index (χ4v) is 2.46. The highest BCUT2D eigenvalue weighted by Crippen LogP contribution is 2.27. The number of nitriles is 1. The maximum absolute atomic E-state index is 9.25. The second-order valence-electron chi connectivity index (χ2n) is 4.59. The van der Waals surface area contributed by atoms with Gasteiger partial charge in [-0.3, -0.25) is 0 Å². The standard InChI is InChI=1S/C14H19N3O/c1-2-17(7-4-8-18)14-12(10-15)9-11-5-3-6-13(11)16-14/h9,18H,2-8H2,1H3. The second-order valence-corrected chi connectivity index (χ2v) is 4.59. The van der Waals surface area contributed by atoms with Crippen molar-refractivity contribution in [2.24, 2.45) is 0 Å². The van der Waals surface area contributed by atoms with E-state index < -0.39 is 0 Å². The molecule has 1 aliphatic carbocycles. The Balaban J connectivity index is 2.33. The number of aliphatic hydroxyl groups excluding tert-OH is 1. The Morgan fingerprint density at radius 1 is 1.50 bits per heavy atom. The molecule has 0 fully saturated rings. The molecule has 1 aliphatic rings. The van der Waals surface area contributed by atoms with Crippen molar-refractivity contribution in [3.63, 3.8) is 0 Å². The van der Waals surface area contributed by atoms with Gasteiger partial charge in [0.05, 0.1) is 5.56 Å². The average Bonchev–Trinajstić information content (AvgIpc) is 2.85. The van der Waals surface area contributed by atoms with Gasteiger partial charge in [0.1, 0.15) is 11.9 Å². The summed E-state index contributed by atoms with van der Waals surface area (Å²) in [5.74, 6) is 0.786. The van der Waals surface area contributed by atoms with Gasteiger partial charge in [0.2, 0.25) is 0 Å². The zero-order valence-corrected chi connectivity index (χ0v) is 10.8. The van der Waals surface area contributed by atoms with Crippen LogP contribution in [0.2, 0.25) is 0 Å². The molecular weight excluding hydrogens is 226 g/mol. The van der Waals surface area contributed by atoms with Crippen molar-refractivity contribution in [3.05, 3.63) is 22.9 Å². The topological polar surface area (TPSA) is 60.1 Å². The minimum Gasteiger partial charge on any atom is -0.396 e. The molecule has 0 amide bonds. The van der Waals surface area contributed by atoms with Crippen LogP contribution in [0.1, 0.15) is 36.6 Å². The Morgan fingerprint density at radius 2 is 2.33 bits per heavy atom. The lowest BCUT2D eigenvalue weighted by atomic mass is 10.1. The van der Waals surface area contributed by atoms with Crippen LogP contribution < -0.4 is 4.90 Å². The van der Waals surface area contributed by atoms with E-state index in [1.807, 2.05) is 13.0 Å². The molecule has 1 aromatic rings. The Hall–Kier alpha value is -1.60. The lowest BCUT2D eigenvalue weighted by Crippen LogP contribution is -2.27. The van der Waals surface area contributed by atoms with E-state index in [9.17, 15) is 5.26 Å². The molecule has 4 heteroatoms. The van der Waals surface area contributed by atoms with Crippen LogP contribution in [0.4, 0.5) is 5.82 Å². The number of anilines is 1. The van der Waals surface area contributed by atoms with Crippen LogP contribution in [-0.2, 0) is 12.8 Å². The molecule has 18 heavy (non-hydrogen) atoms. The van der Waals surface area contributed by atoms with Gasteiger partial charge in [-0.2, -0.15) is 5.26 Å². The molecule has 0 bridgehead atoms. The van der Waals surface area contributed by atoms with Crippen molar-refractivity contribution in [3.8, 4) is 6.07 Å². The van der Waals surface area contributed by atoms with Crippen LogP contribution in [0.25, 0.3) is 0 Å². The fraction of sp³-hybridized carbons (Fsp3) is 0.571. The van der Waals surface area contributed by atoms with Gasteiger partial charge < -0.3 is 10.0 Å². The van der Waals surface area contributed by atoms with Gasteiger partial charge in [0.15, 0.2) is 0 Å². The minimum absolute atomic E-state index is 0.170. The van der Waals surface area contributed by atoms with Gasteiger partial charge in [-0.25, -0.2) is 4.98 Å². The summed E-state index contributed by atoms with van der Waals surface area (Å²) in [6, 6.07) is 4.24. The van der Waals surface area contributed by atoms with Crippen molar-refractivity contribution in [2.75, 3.05) is 24.6 Å². The highest BCUT2D eigenvalue weighted by Gasteiger charge is 2.19. The van der Waals surface area contributed by atoms with Crippen molar-refractivity contribution in [2.45, 2.75) is 32.6 Å². The molecule has 2 rings (SSSR count). The lowest BCUT2D eigenvalue weighted by Gasteiger charge is -2.23. The van der Waals surface area contributed by atoms with E-state index in [2.05, 4.69) is 16.0 Å². The Kier molecular flexibility index (Phi) is 4.16. The van der Waals surface area contributed by atoms with Gasteiger partial charge >= 0.3 is 0 Å². The Bertz CT molecular complexity index is 465. The largest absolute Gasteiger partial charge is 0.396 e. The van der Waals surface area contributed by atoms with Crippen LogP contribution in [0.15, 0.2) is 6.07 Å². The third kappa shape index (κ3) is 2.46. The van der Waals surface area contributed by atoms with E-state index in [1.54, 1.807) is 0 Å². The summed E-state index contributed by atoms with van der Waals surface area (Å²) in [5.41, 5.74) is 3.04. The number of rotatable bonds is 5. The summed E-state index contributed by atoms with van der Waals surface area (Å²) < 4.78 is 0. The zero-order valence-electron chi connectivity index (χ0n) is 10.8. The Labute approximate surface area is 108 Å². The Morgan fingerprint density at radius 3 is 3.00 bits per heavy atom. The molecule has 0 saturated heterocycles. The third-order valence-electron chi connectivity index (χ3n) is 3.42. The number of aryl methyl sites for hydroxylation is 2. The molecule has 0 aromatic carbocycles. The fourth-order valence-electron chi connectivity index (χ4n) is 2.46. The zero-order chi connectivity index (χ0) is 13.0. The van der Waals surface area contributed by atoms with Gasteiger partial charge in [-0.1, -0.05) is 0 Å². The molecule has 0 radical (unpaired) electrons. The molecule has 0 aliphatic heterocycles. The van der Waals surface area contributed by atoms with Gasteiger partial charge in [0.25, 0.3) is 0 Å². The quantitative estimate of drug-likeness (QED) is 0.857. The number of nitrogens with zero attached hydrogens (tertiary/aromatic N) is 3. The van der Waals surface area contributed by atoms with Crippen molar-refractivity contribution in [1.82, 2.24) is 4.98 Å². The molecule has 1 aromatic heterocycles. The van der Waals surface area contributed by atoms with Gasteiger partial charge in [0, 0.05) is 25.4 Å². The number of aliphatic hydroxyl groups is 1. The van der Waals surface area contributed by atoms with Crippen LogP contribution in [0.3, 0.4) is 0 Å². The maximum atomic E-state index is 9.25. The smallest absolute Gasteiger partial charge is 0.146 e. The molecule has 96 valence electrons. The molecule has 0 saturated carbocycles. The number of aromatic nitrogens is 1. The summed E-state index contributed by atoms with van der Waals surface area (Å²) in [6.45, 7) is 3.77. The van der Waals surface area contributed by atoms with Crippen molar-refractivity contribution < 1.29 is 5.11 Å². The number of pyridine rings is 1. The molecule has 0 spiro atoms. The molecule has 4 nitrogen and oxygen atoms in total. The molecule has 1 N–H and O–H groups in total. The summed E-state index contributed by atoms with van der Waals surface area (Å²) in [7, 11) is 0. The summed E-state index contributed by atoms with van der Waals surface area (Å²) in [4.78, 5) is 6.75. The monoisotopic (exact) mass is 245 g/mol. The second kappa shape index (κ2) is 5.83. The summed E-state index contributed by atoms with van der Waals surface area (Å²) >= 11 is 0. The van der Waals surface area contributed by atoms with Gasteiger partial charge in [-0.15, -0.1) is 0 Å². The minimum atomic E-state index is 0.170. The molecule has 1 heterocycles. The first-order chi connectivity index (χ1) is 8.80. The maximum Gasteiger partial charge on any atom is 0.146 e. The first-order valence-electron chi connectivity index (χ1n) is 6.58. The van der Waals surface area contributed by atoms with E-state index in [0.29, 0.717) is 12.0 Å². The first-order valence-corrected chi connectivity index (χ1v) is 6.58. The van der Waals surface area contributed by atoms with Crippen molar-refractivity contribution >= 4 is 5.82 Å². The highest BCUT2D eigenvalue weighted by atomic mass is 16.3. The predicted molar refractivity (Wildman–Crippen MR) is 70.6 cm³/mol. The van der Waals surface area contributed by atoms with Crippen LogP contribution in [0.5, 0.6) is 0 Å². The van der Waals surface area contributed by atoms with E-state index in [-0.39, 0.29) is 6.61 Å². The number of hydrogen-bond acceptors (Lipinski definition) is 4. The van der Waals surface area contributed by atoms with E-state index in [1.165, 1.54) is 5.56 Å². The molecule has 0 atom stereocenters. The van der Waals surface area contributed by atoms with Crippen molar-refractivity contribution in [1.29, 1.82) is 5.26 Å². The molecule has 0 unspecified atom stereocenters. The number of fused-ring (bicyclic) bond motifs is 1. The number of hydrogen-bond donors (Lipinski definition) is 1. The average molecular weight is 245 g/mol. The SMILES string of the molecule is CCN(CCCO)c1nc2c(cc1C#N)CCC2. The van der Waals surface area contributed by atoms with E-state index in [0.717, 1.165) is 43.9 Å². The summed E-state index contributed by atoms with van der Waals surface area (Å²) in [5, 5.41) is 18.2. The van der Waals surface area contributed by atoms with Crippen LogP contribution >= 0.6 is 0 Å². The highest BCUT2D eigenvalue weighted by molar-refractivity contribution is 5.56. The third-order valence-corrected chi connectivity index (χ3v) is 3.42. The van der Waals surface area contributed by atoms with E-state index in [4.69, 9.17) is 5.11 Å². The lowest BCUT2D eigenvalue weighted by molar-refractivity contribution is 0.289. The van der Waals surface area contributed by atoms with Gasteiger partial charge in [-0.05, 0) is 44.2 Å².